The molecule has 0 unspecified atom stereocenters. The predicted octanol–water partition coefficient (Wildman–Crippen LogP) is 4.37. The lowest BCUT2D eigenvalue weighted by molar-refractivity contribution is -0.119. The second-order valence-corrected chi connectivity index (χ2v) is 14.4. The fraction of sp³-hybridized carbons (Fsp3) is 0.367. The molecule has 0 aliphatic carbocycles. The van der Waals surface area contributed by atoms with E-state index in [1.165, 1.54) is 40.3 Å². The van der Waals surface area contributed by atoms with Crippen molar-refractivity contribution in [1.29, 1.82) is 0 Å². The summed E-state index contributed by atoms with van der Waals surface area (Å²) in [5.74, 6) is 0.538. The number of rotatable bonds is 14. The Kier molecular flexibility index (Phi) is 11.4. The molecular weight excluding hydrogens is 611 g/mol. The minimum atomic E-state index is -4.06. The number of ether oxygens (including phenoxy) is 2. The van der Waals surface area contributed by atoms with Crippen LogP contribution < -0.4 is 19.1 Å². The Hall–Kier alpha value is -3.26. The zero-order chi connectivity index (χ0) is 30.9. The van der Waals surface area contributed by atoms with Crippen LogP contribution in [0.1, 0.15) is 26.2 Å². The van der Waals surface area contributed by atoms with E-state index in [1.54, 1.807) is 48.5 Å². The van der Waals surface area contributed by atoms with Gasteiger partial charge in [0.1, 0.15) is 24.7 Å². The molecule has 4 rings (SSSR count). The van der Waals surface area contributed by atoms with Crippen molar-refractivity contribution in [2.45, 2.75) is 40.9 Å². The van der Waals surface area contributed by atoms with Crippen LogP contribution in [-0.2, 0) is 24.8 Å². The summed E-state index contributed by atoms with van der Waals surface area (Å²) in [5, 5.41) is 2.70. The average molecular weight is 648 g/mol. The number of anilines is 1. The number of thioether (sulfide) groups is 1. The first-order valence-electron chi connectivity index (χ1n) is 14.0. The van der Waals surface area contributed by atoms with Gasteiger partial charge in [-0.25, -0.2) is 16.8 Å². The highest BCUT2D eigenvalue weighted by Gasteiger charge is 2.28. The highest BCUT2D eigenvalue weighted by atomic mass is 32.2. The number of carbonyl (C=O) groups excluding carboxylic acids is 1. The second-order valence-electron chi connectivity index (χ2n) is 9.75. The minimum absolute atomic E-state index is 0.0704. The first kappa shape index (κ1) is 32.6. The second kappa shape index (κ2) is 15.0. The molecule has 1 aliphatic rings. The monoisotopic (exact) mass is 647 g/mol. The van der Waals surface area contributed by atoms with Gasteiger partial charge in [-0.2, -0.15) is 4.31 Å². The summed E-state index contributed by atoms with van der Waals surface area (Å²) in [5.41, 5.74) is 0.323. The number of benzene rings is 3. The predicted molar refractivity (Wildman–Crippen MR) is 168 cm³/mol. The first-order chi connectivity index (χ1) is 20.6. The van der Waals surface area contributed by atoms with Crippen LogP contribution >= 0.6 is 11.8 Å². The number of hydrogen-bond donors (Lipinski definition) is 1. The van der Waals surface area contributed by atoms with E-state index in [-0.39, 0.29) is 22.9 Å². The van der Waals surface area contributed by atoms with Gasteiger partial charge >= 0.3 is 0 Å². The van der Waals surface area contributed by atoms with Gasteiger partial charge < -0.3 is 14.8 Å². The molecule has 1 heterocycles. The van der Waals surface area contributed by atoms with E-state index in [0.717, 1.165) is 28.5 Å². The molecule has 0 spiro atoms. The van der Waals surface area contributed by atoms with E-state index in [4.69, 9.17) is 9.47 Å². The molecule has 0 radical (unpaired) electrons. The molecule has 1 fully saturated rings. The van der Waals surface area contributed by atoms with Gasteiger partial charge in [0.2, 0.25) is 15.9 Å². The third kappa shape index (κ3) is 8.43. The lowest BCUT2D eigenvalue weighted by Crippen LogP contribution is -2.41. The van der Waals surface area contributed by atoms with Gasteiger partial charge in [0.15, 0.2) is 0 Å². The van der Waals surface area contributed by atoms with Crippen LogP contribution in [0, 0.1) is 0 Å². The van der Waals surface area contributed by atoms with Gasteiger partial charge in [-0.15, -0.1) is 11.8 Å². The third-order valence-corrected chi connectivity index (χ3v) is 11.3. The van der Waals surface area contributed by atoms with E-state index < -0.39 is 32.5 Å². The van der Waals surface area contributed by atoms with Crippen molar-refractivity contribution < 1.29 is 31.1 Å². The van der Waals surface area contributed by atoms with E-state index in [0.29, 0.717) is 36.9 Å². The molecule has 0 atom stereocenters. The van der Waals surface area contributed by atoms with Crippen LogP contribution in [0.3, 0.4) is 0 Å². The number of nitrogens with one attached hydrogen (secondary N) is 1. The Balaban J connectivity index is 1.37. The third-order valence-electron chi connectivity index (χ3n) is 6.84. The van der Waals surface area contributed by atoms with Crippen molar-refractivity contribution in [3.8, 4) is 11.5 Å². The lowest BCUT2D eigenvalue weighted by atomic mass is 10.2. The molecule has 10 nitrogen and oxygen atoms in total. The Morgan fingerprint density at radius 1 is 0.837 bits per heavy atom. The van der Waals surface area contributed by atoms with Crippen LogP contribution in [0.15, 0.2) is 87.5 Å². The summed E-state index contributed by atoms with van der Waals surface area (Å²) in [6, 6.07) is 19.2. The average Bonchev–Trinajstić information content (AvgIpc) is 3.03. The van der Waals surface area contributed by atoms with Crippen molar-refractivity contribution in [3.63, 3.8) is 0 Å². The molecule has 43 heavy (non-hydrogen) atoms. The number of nitrogens with zero attached hydrogens (tertiary/aromatic N) is 2. The van der Waals surface area contributed by atoms with E-state index in [2.05, 4.69) is 5.32 Å². The maximum Gasteiger partial charge on any atom is 0.264 e. The quantitative estimate of drug-likeness (QED) is 0.202. The molecule has 1 saturated heterocycles. The number of hydrogen-bond acceptors (Lipinski definition) is 8. The lowest BCUT2D eigenvalue weighted by Gasteiger charge is -2.25. The smallest absolute Gasteiger partial charge is 0.264 e. The number of piperidine rings is 1. The molecule has 13 heteroatoms. The molecule has 0 saturated carbocycles. The van der Waals surface area contributed by atoms with Crippen LogP contribution in [0.25, 0.3) is 0 Å². The molecule has 1 aliphatic heterocycles. The van der Waals surface area contributed by atoms with Gasteiger partial charge in [0.25, 0.3) is 10.0 Å². The summed E-state index contributed by atoms with van der Waals surface area (Å²) >= 11 is 1.50. The van der Waals surface area contributed by atoms with Crippen molar-refractivity contribution in [2.24, 2.45) is 0 Å². The van der Waals surface area contributed by atoms with Crippen molar-refractivity contribution >= 4 is 43.4 Å². The number of sulfonamides is 2. The highest BCUT2D eigenvalue weighted by Crippen LogP contribution is 2.27. The standard InChI is InChI=1S/C30H37N3O7S3/c1-3-39-25-9-7-24(8-10-25)33(43(37,38)29-17-13-27(41-2)14-18-29)23-30(34)31-19-22-40-26-11-15-28(16-12-26)42(35,36)32-20-5-4-6-21-32/h7-18H,3-6,19-23H2,1-2H3,(H,31,34). The number of carbonyl (C=O) groups is 1. The van der Waals surface area contributed by atoms with Gasteiger partial charge in [0.05, 0.1) is 28.6 Å². The summed E-state index contributed by atoms with van der Waals surface area (Å²) in [6.45, 7) is 3.16. The zero-order valence-corrected chi connectivity index (χ0v) is 26.7. The summed E-state index contributed by atoms with van der Waals surface area (Å²) in [6.07, 6.45) is 4.67. The van der Waals surface area contributed by atoms with E-state index in [1.807, 2.05) is 13.2 Å². The Morgan fingerprint density at radius 3 is 2.02 bits per heavy atom. The highest BCUT2D eigenvalue weighted by molar-refractivity contribution is 7.98. The molecular formula is C30H37N3O7S3. The summed E-state index contributed by atoms with van der Waals surface area (Å²) < 4.78 is 66.7. The van der Waals surface area contributed by atoms with Crippen LogP contribution in [0.2, 0.25) is 0 Å². The molecule has 232 valence electrons. The molecule has 1 amide bonds. The maximum absolute atomic E-state index is 13.6. The van der Waals surface area contributed by atoms with Crippen molar-refractivity contribution in [1.82, 2.24) is 9.62 Å². The Bertz CT molecular complexity index is 1560. The molecule has 0 aromatic heterocycles. The van der Waals surface area contributed by atoms with Gasteiger partial charge in [-0.3, -0.25) is 9.10 Å². The minimum Gasteiger partial charge on any atom is -0.494 e. The van der Waals surface area contributed by atoms with Crippen molar-refractivity contribution in [2.75, 3.05) is 50.0 Å². The first-order valence-corrected chi connectivity index (χ1v) is 18.1. The summed E-state index contributed by atoms with van der Waals surface area (Å²) in [4.78, 5) is 14.1. The van der Waals surface area contributed by atoms with Crippen LogP contribution in [0.4, 0.5) is 5.69 Å². The van der Waals surface area contributed by atoms with E-state index >= 15 is 0 Å². The van der Waals surface area contributed by atoms with Gasteiger partial charge in [-0.1, -0.05) is 6.42 Å². The fourth-order valence-corrected chi connectivity index (χ4v) is 7.92. The van der Waals surface area contributed by atoms with Gasteiger partial charge in [0, 0.05) is 18.0 Å². The summed E-state index contributed by atoms with van der Waals surface area (Å²) in [7, 11) is -7.59. The molecule has 1 N–H and O–H groups in total. The molecule has 0 bridgehead atoms. The maximum atomic E-state index is 13.6. The molecule has 3 aromatic rings. The van der Waals surface area contributed by atoms with Gasteiger partial charge in [-0.05, 0) is 98.8 Å². The Labute approximate surface area is 258 Å². The molecule has 3 aromatic carbocycles. The van der Waals surface area contributed by atoms with Crippen LogP contribution in [0.5, 0.6) is 11.5 Å². The Morgan fingerprint density at radius 2 is 1.42 bits per heavy atom. The van der Waals surface area contributed by atoms with Crippen LogP contribution in [-0.4, -0.2) is 72.7 Å². The van der Waals surface area contributed by atoms with E-state index in [9.17, 15) is 21.6 Å². The topological polar surface area (TPSA) is 122 Å². The SMILES string of the molecule is CCOc1ccc(N(CC(=O)NCCOc2ccc(S(=O)(=O)N3CCCCC3)cc2)S(=O)(=O)c2ccc(SC)cc2)cc1. The largest absolute Gasteiger partial charge is 0.494 e. The zero-order valence-electron chi connectivity index (χ0n) is 24.3. The normalized spacial score (nSPS) is 14.2. The van der Waals surface area contributed by atoms with Crippen molar-refractivity contribution in [3.05, 3.63) is 72.8 Å². The number of amides is 1. The fourth-order valence-electron chi connectivity index (χ4n) is 4.57.